The van der Waals surface area contributed by atoms with Crippen LogP contribution in [-0.4, -0.2) is 50.0 Å². The number of amides is 1. The largest absolute Gasteiger partial charge is 0.507 e. The number of phenolic OH excluding ortho intramolecular Hbond substituents is 1. The molecule has 1 fully saturated rings. The Morgan fingerprint density at radius 3 is 2.35 bits per heavy atom. The van der Waals surface area contributed by atoms with Gasteiger partial charge in [-0.1, -0.05) is 43.2 Å². The molecule has 2 aromatic rings. The van der Waals surface area contributed by atoms with Crippen LogP contribution in [0.3, 0.4) is 0 Å². The van der Waals surface area contributed by atoms with Crippen molar-refractivity contribution in [2.24, 2.45) is 0 Å². The highest BCUT2D eigenvalue weighted by Gasteiger charge is 2.22. The molecule has 1 amide bonds. The van der Waals surface area contributed by atoms with Gasteiger partial charge in [-0.15, -0.1) is 0 Å². The van der Waals surface area contributed by atoms with Crippen molar-refractivity contribution in [3.8, 4) is 5.75 Å². The first-order chi connectivity index (χ1) is 14.9. The highest BCUT2D eigenvalue weighted by Crippen LogP contribution is 2.22. The van der Waals surface area contributed by atoms with Gasteiger partial charge in [0.2, 0.25) is 10.0 Å². The lowest BCUT2D eigenvalue weighted by Crippen LogP contribution is -2.35. The van der Waals surface area contributed by atoms with Crippen LogP contribution in [0.5, 0.6) is 5.75 Å². The molecule has 1 aliphatic rings. The van der Waals surface area contributed by atoms with E-state index >= 15 is 0 Å². The Kier molecular flexibility index (Phi) is 7.64. The molecule has 1 saturated heterocycles. The molecule has 0 aromatic heterocycles. The van der Waals surface area contributed by atoms with Crippen LogP contribution in [-0.2, 0) is 26.1 Å². The first kappa shape index (κ1) is 22.8. The lowest BCUT2D eigenvalue weighted by atomic mass is 10.2. The van der Waals surface area contributed by atoms with Crippen LogP contribution in [0, 0.1) is 0 Å². The van der Waals surface area contributed by atoms with E-state index in [0.29, 0.717) is 13.1 Å². The number of carbonyl (C=O) groups excluding carboxylic acids is 2. The molecule has 1 heterocycles. The lowest BCUT2D eigenvalue weighted by Gasteiger charge is -2.20. The number of sulfonamides is 1. The molecule has 8 nitrogen and oxygen atoms in total. The highest BCUT2D eigenvalue weighted by molar-refractivity contribution is 7.89. The zero-order chi connectivity index (χ0) is 22.3. The number of rotatable bonds is 7. The summed E-state index contributed by atoms with van der Waals surface area (Å²) in [5, 5.41) is 10.0. The van der Waals surface area contributed by atoms with Gasteiger partial charge in [-0.3, -0.25) is 4.79 Å². The van der Waals surface area contributed by atoms with E-state index in [1.54, 1.807) is 29.2 Å². The molecule has 2 N–H and O–H groups in total. The number of ether oxygens (including phenoxy) is 1. The standard InChI is InChI=1S/C22H26N2O6S/c25-20-11-10-18(31(28,29)23-15-17-8-4-3-5-9-17)14-19(20)22(27)30-16-21(26)24-12-6-1-2-7-13-24/h3-5,8-11,14,23,25H,1-2,6-7,12-13,15-16H2. The van der Waals surface area contributed by atoms with Crippen LogP contribution < -0.4 is 4.72 Å². The summed E-state index contributed by atoms with van der Waals surface area (Å²) in [6.07, 6.45) is 3.96. The molecule has 1 aliphatic heterocycles. The fraction of sp³-hybridized carbons (Fsp3) is 0.364. The molecule has 0 unspecified atom stereocenters. The smallest absolute Gasteiger partial charge is 0.342 e. The molecule has 0 spiro atoms. The summed E-state index contributed by atoms with van der Waals surface area (Å²) in [5.41, 5.74) is 0.461. The number of hydrogen-bond acceptors (Lipinski definition) is 6. The van der Waals surface area contributed by atoms with Crippen LogP contribution in [0.15, 0.2) is 53.4 Å². The molecular weight excluding hydrogens is 420 g/mol. The summed E-state index contributed by atoms with van der Waals surface area (Å²) in [5.74, 6) is -1.68. The van der Waals surface area contributed by atoms with E-state index in [1.165, 1.54) is 6.07 Å². The normalized spacial score (nSPS) is 14.6. The molecule has 31 heavy (non-hydrogen) atoms. The molecule has 166 valence electrons. The Morgan fingerprint density at radius 2 is 1.68 bits per heavy atom. The molecule has 0 atom stereocenters. The monoisotopic (exact) mass is 446 g/mol. The summed E-state index contributed by atoms with van der Waals surface area (Å²) in [6, 6.07) is 12.3. The number of hydrogen-bond donors (Lipinski definition) is 2. The van der Waals surface area contributed by atoms with Crippen molar-refractivity contribution in [1.82, 2.24) is 9.62 Å². The summed E-state index contributed by atoms with van der Waals surface area (Å²) in [6.45, 7) is 0.876. The predicted octanol–water partition coefficient (Wildman–Crippen LogP) is 2.43. The van der Waals surface area contributed by atoms with E-state index in [0.717, 1.165) is 43.4 Å². The zero-order valence-corrected chi connectivity index (χ0v) is 17.9. The van der Waals surface area contributed by atoms with Crippen molar-refractivity contribution < 1.29 is 27.9 Å². The van der Waals surface area contributed by atoms with Gasteiger partial charge >= 0.3 is 5.97 Å². The number of likely N-dealkylation sites (tertiary alicyclic amines) is 1. The van der Waals surface area contributed by atoms with Crippen LogP contribution in [0.2, 0.25) is 0 Å². The van der Waals surface area contributed by atoms with Gasteiger partial charge in [-0.05, 0) is 36.6 Å². The highest BCUT2D eigenvalue weighted by atomic mass is 32.2. The van der Waals surface area contributed by atoms with Crippen molar-refractivity contribution in [3.05, 3.63) is 59.7 Å². The maximum atomic E-state index is 12.6. The molecule has 0 saturated carbocycles. The zero-order valence-electron chi connectivity index (χ0n) is 17.1. The number of benzene rings is 2. The van der Waals surface area contributed by atoms with E-state index in [4.69, 9.17) is 4.74 Å². The second kappa shape index (κ2) is 10.4. The van der Waals surface area contributed by atoms with Gasteiger partial charge in [0, 0.05) is 19.6 Å². The molecule has 2 aromatic carbocycles. The third-order valence-corrected chi connectivity index (χ3v) is 6.49. The maximum absolute atomic E-state index is 12.6. The molecular formula is C22H26N2O6S. The second-order valence-corrected chi connectivity index (χ2v) is 9.13. The van der Waals surface area contributed by atoms with Gasteiger partial charge in [0.25, 0.3) is 5.91 Å². The SMILES string of the molecule is O=C(OCC(=O)N1CCCCCC1)c1cc(S(=O)(=O)NCc2ccccc2)ccc1O. The predicted molar refractivity (Wildman–Crippen MR) is 114 cm³/mol. The Hall–Kier alpha value is -2.91. The molecule has 9 heteroatoms. The Bertz CT molecular complexity index is 1020. The van der Waals surface area contributed by atoms with Gasteiger partial charge in [0.15, 0.2) is 6.61 Å². The van der Waals surface area contributed by atoms with E-state index in [-0.39, 0.29) is 22.9 Å². The second-order valence-electron chi connectivity index (χ2n) is 7.36. The quantitative estimate of drug-likeness (QED) is 0.632. The van der Waals surface area contributed by atoms with E-state index < -0.39 is 28.3 Å². The number of esters is 1. The Balaban J connectivity index is 1.65. The summed E-state index contributed by atoms with van der Waals surface area (Å²) < 4.78 is 32.7. The molecule has 3 rings (SSSR count). The minimum atomic E-state index is -3.93. The van der Waals surface area contributed by atoms with Crippen molar-refractivity contribution in [3.63, 3.8) is 0 Å². The minimum absolute atomic E-state index is 0.0775. The van der Waals surface area contributed by atoms with Crippen molar-refractivity contribution >= 4 is 21.9 Å². The van der Waals surface area contributed by atoms with E-state index in [1.807, 2.05) is 6.07 Å². The average molecular weight is 447 g/mol. The molecule has 0 bridgehead atoms. The summed E-state index contributed by atoms with van der Waals surface area (Å²) >= 11 is 0. The fourth-order valence-corrected chi connectivity index (χ4v) is 4.36. The van der Waals surface area contributed by atoms with Crippen LogP contribution >= 0.6 is 0 Å². The van der Waals surface area contributed by atoms with Gasteiger partial charge in [0.1, 0.15) is 11.3 Å². The first-order valence-electron chi connectivity index (χ1n) is 10.2. The number of nitrogens with one attached hydrogen (secondary N) is 1. The minimum Gasteiger partial charge on any atom is -0.507 e. The number of phenols is 1. The Morgan fingerprint density at radius 1 is 1.00 bits per heavy atom. The van der Waals surface area contributed by atoms with Gasteiger partial charge in [0.05, 0.1) is 4.90 Å². The van der Waals surface area contributed by atoms with Crippen LogP contribution in [0.1, 0.15) is 41.6 Å². The average Bonchev–Trinajstić information content (AvgIpc) is 3.06. The maximum Gasteiger partial charge on any atom is 0.342 e. The number of carbonyl (C=O) groups is 2. The topological polar surface area (TPSA) is 113 Å². The third kappa shape index (κ3) is 6.28. The summed E-state index contributed by atoms with van der Waals surface area (Å²) in [4.78, 5) is 26.2. The fourth-order valence-electron chi connectivity index (χ4n) is 3.32. The van der Waals surface area contributed by atoms with E-state index in [2.05, 4.69) is 4.72 Å². The van der Waals surface area contributed by atoms with Gasteiger partial charge < -0.3 is 14.7 Å². The summed E-state index contributed by atoms with van der Waals surface area (Å²) in [7, 11) is -3.93. The van der Waals surface area contributed by atoms with Crippen LogP contribution in [0.25, 0.3) is 0 Å². The third-order valence-electron chi connectivity index (χ3n) is 5.09. The first-order valence-corrected chi connectivity index (χ1v) is 11.7. The van der Waals surface area contributed by atoms with Gasteiger partial charge in [-0.25, -0.2) is 17.9 Å². The lowest BCUT2D eigenvalue weighted by molar-refractivity contribution is -0.134. The van der Waals surface area contributed by atoms with Crippen molar-refractivity contribution in [2.75, 3.05) is 19.7 Å². The Labute approximate surface area is 181 Å². The molecule has 0 aliphatic carbocycles. The van der Waals surface area contributed by atoms with Crippen LogP contribution in [0.4, 0.5) is 0 Å². The van der Waals surface area contributed by atoms with Gasteiger partial charge in [-0.2, -0.15) is 0 Å². The van der Waals surface area contributed by atoms with Crippen molar-refractivity contribution in [1.29, 1.82) is 0 Å². The number of aromatic hydroxyl groups is 1. The number of nitrogens with zero attached hydrogens (tertiary/aromatic N) is 1. The molecule has 0 radical (unpaired) electrons. The van der Waals surface area contributed by atoms with Crippen molar-refractivity contribution in [2.45, 2.75) is 37.1 Å². The van der Waals surface area contributed by atoms with E-state index in [9.17, 15) is 23.1 Å².